The second kappa shape index (κ2) is 3.27. The number of rotatable bonds is 1. The third kappa shape index (κ3) is 1.63. The SMILES string of the molecule is O=S1(=O)NC(O)=CN1c1ccc(F)cc1O. The van der Waals surface area contributed by atoms with Crippen LogP contribution in [-0.4, -0.2) is 18.6 Å². The topological polar surface area (TPSA) is 89.9 Å². The number of nitrogens with zero attached hydrogens (tertiary/aromatic N) is 1. The Morgan fingerprint density at radius 1 is 1.31 bits per heavy atom. The van der Waals surface area contributed by atoms with Crippen LogP contribution in [0, 0.1) is 5.82 Å². The van der Waals surface area contributed by atoms with Gasteiger partial charge in [0.1, 0.15) is 17.3 Å². The van der Waals surface area contributed by atoms with Gasteiger partial charge in [0.2, 0.25) is 5.88 Å². The van der Waals surface area contributed by atoms with Crippen molar-refractivity contribution in [1.82, 2.24) is 4.72 Å². The zero-order valence-corrected chi connectivity index (χ0v) is 8.57. The van der Waals surface area contributed by atoms with Crippen LogP contribution in [0.25, 0.3) is 0 Å². The average molecular weight is 246 g/mol. The van der Waals surface area contributed by atoms with E-state index < -0.39 is 27.7 Å². The van der Waals surface area contributed by atoms with Gasteiger partial charge in [-0.25, -0.2) is 13.4 Å². The molecule has 0 aliphatic carbocycles. The summed E-state index contributed by atoms with van der Waals surface area (Å²) in [6, 6.07) is 2.85. The lowest BCUT2D eigenvalue weighted by Crippen LogP contribution is -2.29. The lowest BCUT2D eigenvalue weighted by atomic mass is 10.3. The highest BCUT2D eigenvalue weighted by molar-refractivity contribution is 7.91. The Morgan fingerprint density at radius 2 is 2.00 bits per heavy atom. The maximum Gasteiger partial charge on any atom is 0.330 e. The van der Waals surface area contributed by atoms with Gasteiger partial charge in [0, 0.05) is 6.07 Å². The summed E-state index contributed by atoms with van der Waals surface area (Å²) in [6.45, 7) is 0. The van der Waals surface area contributed by atoms with Gasteiger partial charge < -0.3 is 10.2 Å². The van der Waals surface area contributed by atoms with Gasteiger partial charge in [-0.3, -0.25) is 0 Å². The predicted octanol–water partition coefficient (Wildman–Crippen LogP) is 0.543. The number of aromatic hydroxyl groups is 1. The van der Waals surface area contributed by atoms with Crippen molar-refractivity contribution in [3.8, 4) is 5.75 Å². The number of hydrogen-bond donors (Lipinski definition) is 3. The van der Waals surface area contributed by atoms with Gasteiger partial charge in [-0.2, -0.15) is 8.42 Å². The number of phenols is 1. The molecule has 0 radical (unpaired) electrons. The summed E-state index contributed by atoms with van der Waals surface area (Å²) < 4.78 is 37.9. The molecule has 0 saturated carbocycles. The van der Waals surface area contributed by atoms with Crippen molar-refractivity contribution >= 4 is 15.9 Å². The van der Waals surface area contributed by atoms with Crippen LogP contribution < -0.4 is 9.03 Å². The molecule has 1 aliphatic rings. The maximum absolute atomic E-state index is 12.7. The number of aliphatic hydroxyl groups is 1. The van der Waals surface area contributed by atoms with Crippen LogP contribution in [0.15, 0.2) is 30.3 Å². The molecule has 0 unspecified atom stereocenters. The summed E-state index contributed by atoms with van der Waals surface area (Å²) in [4.78, 5) is 0. The molecule has 6 nitrogen and oxygen atoms in total. The molecular weight excluding hydrogens is 239 g/mol. The van der Waals surface area contributed by atoms with E-state index in [0.29, 0.717) is 4.31 Å². The molecular formula is C8H7FN2O4S. The van der Waals surface area contributed by atoms with Crippen LogP contribution in [0.1, 0.15) is 0 Å². The lowest BCUT2D eigenvalue weighted by Gasteiger charge is -2.14. The second-order valence-corrected chi connectivity index (χ2v) is 4.60. The molecule has 1 aliphatic heterocycles. The fourth-order valence-corrected chi connectivity index (χ4v) is 2.34. The molecule has 8 heteroatoms. The number of phenolic OH excluding ortho intramolecular Hbond substituents is 1. The molecule has 0 amide bonds. The molecule has 0 aromatic heterocycles. The third-order valence-electron chi connectivity index (χ3n) is 1.91. The molecule has 2 rings (SSSR count). The van der Waals surface area contributed by atoms with E-state index in [0.717, 1.165) is 24.4 Å². The number of hydrogen-bond acceptors (Lipinski definition) is 4. The second-order valence-electron chi connectivity index (χ2n) is 3.05. The zero-order chi connectivity index (χ0) is 11.9. The van der Waals surface area contributed by atoms with Crippen molar-refractivity contribution in [2.75, 3.05) is 4.31 Å². The minimum atomic E-state index is -3.97. The van der Waals surface area contributed by atoms with Crippen molar-refractivity contribution in [3.63, 3.8) is 0 Å². The molecule has 0 spiro atoms. The number of halogens is 1. The maximum atomic E-state index is 12.7. The van der Waals surface area contributed by atoms with E-state index in [1.165, 1.54) is 0 Å². The van der Waals surface area contributed by atoms with Crippen molar-refractivity contribution < 1.29 is 23.0 Å². The first-order valence-electron chi connectivity index (χ1n) is 4.11. The van der Waals surface area contributed by atoms with Gasteiger partial charge >= 0.3 is 10.2 Å². The van der Waals surface area contributed by atoms with Crippen LogP contribution >= 0.6 is 0 Å². The van der Waals surface area contributed by atoms with Gasteiger partial charge in [0.05, 0.1) is 6.20 Å². The fraction of sp³-hybridized carbons (Fsp3) is 0. The highest BCUT2D eigenvalue weighted by Crippen LogP contribution is 2.31. The van der Waals surface area contributed by atoms with Gasteiger partial charge in [-0.05, 0) is 12.1 Å². The first-order chi connectivity index (χ1) is 7.40. The highest BCUT2D eigenvalue weighted by Gasteiger charge is 2.30. The number of benzene rings is 1. The highest BCUT2D eigenvalue weighted by atomic mass is 32.2. The summed E-state index contributed by atoms with van der Waals surface area (Å²) in [7, 11) is -3.97. The Morgan fingerprint density at radius 3 is 2.50 bits per heavy atom. The van der Waals surface area contributed by atoms with Crippen molar-refractivity contribution in [1.29, 1.82) is 0 Å². The summed E-state index contributed by atoms with van der Waals surface area (Å²) in [5.74, 6) is -1.82. The molecule has 0 bridgehead atoms. The van der Waals surface area contributed by atoms with Crippen LogP contribution in [0.4, 0.5) is 10.1 Å². The smallest absolute Gasteiger partial charge is 0.330 e. The molecule has 0 fully saturated rings. The van der Waals surface area contributed by atoms with Crippen LogP contribution in [0.3, 0.4) is 0 Å². The minimum absolute atomic E-state index is 0.155. The van der Waals surface area contributed by atoms with E-state index in [1.807, 2.05) is 0 Å². The van der Waals surface area contributed by atoms with Crippen LogP contribution in [-0.2, 0) is 10.2 Å². The van der Waals surface area contributed by atoms with Crippen LogP contribution in [0.2, 0.25) is 0 Å². The fourth-order valence-electron chi connectivity index (χ4n) is 1.27. The van der Waals surface area contributed by atoms with Crippen LogP contribution in [0.5, 0.6) is 5.75 Å². The largest absolute Gasteiger partial charge is 0.506 e. The van der Waals surface area contributed by atoms with E-state index in [4.69, 9.17) is 5.11 Å². The lowest BCUT2D eigenvalue weighted by molar-refractivity contribution is 0.392. The minimum Gasteiger partial charge on any atom is -0.506 e. The first kappa shape index (κ1) is 10.6. The molecule has 0 atom stereocenters. The normalized spacial score (nSPS) is 18.1. The van der Waals surface area contributed by atoms with Gasteiger partial charge in [-0.15, -0.1) is 0 Å². The summed E-state index contributed by atoms with van der Waals surface area (Å²) in [6.07, 6.45) is 0.863. The molecule has 1 aromatic rings. The first-order valence-corrected chi connectivity index (χ1v) is 5.55. The van der Waals surface area contributed by atoms with Crippen molar-refractivity contribution in [2.24, 2.45) is 0 Å². The Balaban J connectivity index is 2.53. The Kier molecular flexibility index (Phi) is 2.16. The Bertz CT molecular complexity index is 569. The standard InChI is InChI=1S/C8H7FN2O4S/c9-5-1-2-6(7(12)3-5)11-4-8(13)10-16(11,14)15/h1-4,10,12-13H. The molecule has 16 heavy (non-hydrogen) atoms. The van der Waals surface area contributed by atoms with Gasteiger partial charge in [-0.1, -0.05) is 0 Å². The van der Waals surface area contributed by atoms with Gasteiger partial charge in [0.15, 0.2) is 0 Å². The molecule has 1 aromatic carbocycles. The number of aliphatic hydroxyl groups excluding tert-OH is 1. The summed E-state index contributed by atoms with van der Waals surface area (Å²) in [5, 5.41) is 18.4. The summed E-state index contributed by atoms with van der Waals surface area (Å²) >= 11 is 0. The molecule has 3 N–H and O–H groups in total. The van der Waals surface area contributed by atoms with Crippen molar-refractivity contribution in [2.45, 2.75) is 0 Å². The molecule has 1 heterocycles. The monoisotopic (exact) mass is 246 g/mol. The third-order valence-corrected chi connectivity index (χ3v) is 3.19. The predicted molar refractivity (Wildman–Crippen MR) is 53.3 cm³/mol. The summed E-state index contributed by atoms with van der Waals surface area (Å²) in [5.41, 5.74) is -0.155. The van der Waals surface area contributed by atoms with E-state index in [-0.39, 0.29) is 5.69 Å². The number of nitrogens with one attached hydrogen (secondary N) is 1. The Hall–Kier alpha value is -1.96. The molecule has 0 saturated heterocycles. The Labute approximate surface area is 90.4 Å². The quantitative estimate of drug-likeness (QED) is 0.674. The van der Waals surface area contributed by atoms with Gasteiger partial charge in [0.25, 0.3) is 0 Å². The van der Waals surface area contributed by atoms with E-state index in [2.05, 4.69) is 0 Å². The average Bonchev–Trinajstić information content (AvgIpc) is 2.39. The molecule has 86 valence electrons. The van der Waals surface area contributed by atoms with E-state index in [1.54, 1.807) is 4.72 Å². The number of anilines is 1. The zero-order valence-electron chi connectivity index (χ0n) is 7.75. The van der Waals surface area contributed by atoms with E-state index >= 15 is 0 Å². The van der Waals surface area contributed by atoms with E-state index in [9.17, 15) is 17.9 Å². The van der Waals surface area contributed by atoms with Crippen molar-refractivity contribution in [3.05, 3.63) is 36.1 Å².